The van der Waals surface area contributed by atoms with E-state index in [0.29, 0.717) is 29.6 Å². The molecule has 2 amide bonds. The molecule has 2 saturated heterocycles. The van der Waals surface area contributed by atoms with E-state index in [1.807, 2.05) is 6.07 Å². The number of piperidine rings is 1. The number of rotatable bonds is 7. The van der Waals surface area contributed by atoms with Crippen LogP contribution in [0.5, 0.6) is 0 Å². The molecule has 2 bridgehead atoms. The lowest BCUT2D eigenvalue weighted by molar-refractivity contribution is -0.132. The van der Waals surface area contributed by atoms with Crippen LogP contribution in [-0.2, 0) is 20.7 Å². The Morgan fingerprint density at radius 2 is 1.87 bits per heavy atom. The van der Waals surface area contributed by atoms with Gasteiger partial charge in [-0.25, -0.2) is 9.18 Å². The maximum Gasteiger partial charge on any atom is 0.411 e. The summed E-state index contributed by atoms with van der Waals surface area (Å²) in [5.74, 6) is 0.822. The van der Waals surface area contributed by atoms with Crippen molar-refractivity contribution < 1.29 is 23.5 Å². The number of hydrogen-bond donors (Lipinski definition) is 3. The van der Waals surface area contributed by atoms with Crippen molar-refractivity contribution in [2.75, 3.05) is 19.6 Å². The molecule has 4 fully saturated rings. The van der Waals surface area contributed by atoms with E-state index in [-0.39, 0.29) is 30.7 Å². The number of amides is 2. The van der Waals surface area contributed by atoms with Crippen LogP contribution in [0.4, 0.5) is 9.18 Å². The van der Waals surface area contributed by atoms with Gasteiger partial charge in [-0.2, -0.15) is 0 Å². The minimum Gasteiger partial charge on any atom is -0.444 e. The highest BCUT2D eigenvalue weighted by Crippen LogP contribution is 2.45. The molecule has 2 aliphatic heterocycles. The summed E-state index contributed by atoms with van der Waals surface area (Å²) in [6, 6.07) is 4.46. The molecule has 2 unspecified atom stereocenters. The van der Waals surface area contributed by atoms with Gasteiger partial charge in [0, 0.05) is 19.0 Å². The molecule has 8 nitrogen and oxygen atoms in total. The van der Waals surface area contributed by atoms with Crippen LogP contribution in [0.2, 0.25) is 0 Å². The lowest BCUT2D eigenvalue weighted by Crippen LogP contribution is -2.62. The zero-order chi connectivity index (χ0) is 27.2. The monoisotopic (exact) mass is 528 g/mol. The van der Waals surface area contributed by atoms with E-state index in [1.54, 1.807) is 32.9 Å². The predicted molar refractivity (Wildman–Crippen MR) is 141 cm³/mol. The Bertz CT molecular complexity index is 1080. The second-order valence-electron chi connectivity index (χ2n) is 12.9. The number of carbonyl (C=O) groups excluding carboxylic acids is 3. The normalized spacial score (nSPS) is 31.7. The Morgan fingerprint density at radius 1 is 1.16 bits per heavy atom. The molecule has 208 valence electrons. The Hall–Kier alpha value is -2.52. The van der Waals surface area contributed by atoms with E-state index < -0.39 is 29.2 Å². The van der Waals surface area contributed by atoms with Gasteiger partial charge in [-0.15, -0.1) is 0 Å². The molecule has 1 aromatic rings. The van der Waals surface area contributed by atoms with Crippen molar-refractivity contribution in [3.8, 4) is 0 Å². The molecule has 1 aromatic carbocycles. The van der Waals surface area contributed by atoms with Gasteiger partial charge in [0.05, 0.1) is 0 Å². The van der Waals surface area contributed by atoms with Crippen LogP contribution in [0.3, 0.4) is 0 Å². The van der Waals surface area contributed by atoms with Crippen LogP contribution in [0.1, 0.15) is 69.9 Å². The second-order valence-corrected chi connectivity index (χ2v) is 12.9. The molecule has 4 aliphatic rings. The number of nitrogens with zero attached hydrogens (tertiary/aromatic N) is 1. The quantitative estimate of drug-likeness (QED) is 0.469. The smallest absolute Gasteiger partial charge is 0.411 e. The largest absolute Gasteiger partial charge is 0.444 e. The summed E-state index contributed by atoms with van der Waals surface area (Å²) in [6.45, 7) is 7.25. The van der Waals surface area contributed by atoms with Crippen LogP contribution in [0.25, 0.3) is 0 Å². The van der Waals surface area contributed by atoms with Crippen LogP contribution >= 0.6 is 0 Å². The Morgan fingerprint density at radius 3 is 2.47 bits per heavy atom. The summed E-state index contributed by atoms with van der Waals surface area (Å²) < 4.78 is 20.9. The van der Waals surface area contributed by atoms with Gasteiger partial charge in [-0.05, 0) is 107 Å². The predicted octanol–water partition coefficient (Wildman–Crippen LogP) is 2.88. The number of benzene rings is 1. The molecular weight excluding hydrogens is 487 g/mol. The van der Waals surface area contributed by atoms with Crippen LogP contribution in [0.15, 0.2) is 18.2 Å². The Balaban J connectivity index is 1.30. The number of hydrogen-bond acceptors (Lipinski definition) is 6. The van der Waals surface area contributed by atoms with Crippen LogP contribution in [0, 0.1) is 23.6 Å². The number of nitrogens with one attached hydrogen (secondary N) is 2. The van der Waals surface area contributed by atoms with Crippen molar-refractivity contribution in [3.63, 3.8) is 0 Å². The molecule has 4 N–H and O–H groups in total. The first-order valence-corrected chi connectivity index (χ1v) is 14.0. The molecule has 9 heteroatoms. The third-order valence-corrected chi connectivity index (χ3v) is 9.13. The van der Waals surface area contributed by atoms with E-state index in [4.69, 9.17) is 10.5 Å². The van der Waals surface area contributed by atoms with Crippen LogP contribution in [-0.4, -0.2) is 66.0 Å². The van der Waals surface area contributed by atoms with Gasteiger partial charge in [-0.3, -0.25) is 9.69 Å². The molecule has 0 radical (unpaired) electrons. The molecule has 2 aliphatic carbocycles. The van der Waals surface area contributed by atoms with Crippen molar-refractivity contribution in [2.45, 2.75) is 88.4 Å². The first-order chi connectivity index (χ1) is 18.0. The van der Waals surface area contributed by atoms with E-state index in [9.17, 15) is 14.4 Å². The minimum atomic E-state index is -1.48. The van der Waals surface area contributed by atoms with E-state index in [0.717, 1.165) is 50.8 Å². The van der Waals surface area contributed by atoms with Crippen molar-refractivity contribution in [2.24, 2.45) is 23.5 Å². The number of nitrogens with two attached hydrogens (primary N) is 1. The van der Waals surface area contributed by atoms with Crippen molar-refractivity contribution in [3.05, 3.63) is 35.1 Å². The van der Waals surface area contributed by atoms with Crippen molar-refractivity contribution in [1.82, 2.24) is 15.5 Å². The first kappa shape index (κ1) is 27.1. The minimum absolute atomic E-state index is 0.00762. The van der Waals surface area contributed by atoms with Gasteiger partial charge in [0.15, 0.2) is 0 Å². The highest BCUT2D eigenvalue weighted by molar-refractivity contribution is 5.90. The number of fused-ring (bicyclic) bond motifs is 3. The summed E-state index contributed by atoms with van der Waals surface area (Å²) >= 11 is 0. The fraction of sp³-hybridized carbons (Fsp3) is 0.690. The molecule has 0 aromatic heterocycles. The topological polar surface area (TPSA) is 114 Å². The fourth-order valence-electron chi connectivity index (χ4n) is 7.25. The summed E-state index contributed by atoms with van der Waals surface area (Å²) in [6.07, 6.45) is 4.52. The maximum absolute atomic E-state index is 15.3. The van der Waals surface area contributed by atoms with Gasteiger partial charge < -0.3 is 25.9 Å². The molecular formula is C29H41FN4O4. The first-order valence-electron chi connectivity index (χ1n) is 14.0. The lowest BCUT2D eigenvalue weighted by atomic mass is 9.88. The molecule has 0 spiro atoms. The number of carbonyl (C=O) groups is 3. The Labute approximate surface area is 224 Å². The van der Waals surface area contributed by atoms with Crippen molar-refractivity contribution >= 4 is 18.3 Å². The number of ether oxygens (including phenoxy) is 1. The van der Waals surface area contributed by atoms with Gasteiger partial charge in [0.1, 0.15) is 29.3 Å². The van der Waals surface area contributed by atoms with E-state index >= 15 is 4.39 Å². The van der Waals surface area contributed by atoms with Crippen molar-refractivity contribution in [1.29, 1.82) is 0 Å². The van der Waals surface area contributed by atoms with Crippen LogP contribution < -0.4 is 16.4 Å². The van der Waals surface area contributed by atoms with E-state index in [1.165, 1.54) is 4.90 Å². The molecule has 2 heterocycles. The number of likely N-dealkylation sites (tertiary alicyclic amines) is 1. The lowest BCUT2D eigenvalue weighted by Gasteiger charge is -2.37. The summed E-state index contributed by atoms with van der Waals surface area (Å²) in [7, 11) is 0. The SMILES string of the molecule is CC(C)(C)OC(=O)N1[C@@H]2CC[C@@H](C2)[C@H]1C(=O)N[C@@](C=O)(CN)Cc1ccc(C2CC3CNCC3C2)cc1F. The molecule has 38 heavy (non-hydrogen) atoms. The molecule has 2 saturated carbocycles. The number of halogens is 1. The molecule has 6 atom stereocenters. The number of aldehydes is 1. The average Bonchev–Trinajstić information content (AvgIpc) is 3.64. The summed E-state index contributed by atoms with van der Waals surface area (Å²) in [5, 5.41) is 6.26. The fourth-order valence-corrected chi connectivity index (χ4v) is 7.25. The van der Waals surface area contributed by atoms with E-state index in [2.05, 4.69) is 10.6 Å². The average molecular weight is 529 g/mol. The van der Waals surface area contributed by atoms with Gasteiger partial charge in [0.2, 0.25) is 5.91 Å². The van der Waals surface area contributed by atoms with Gasteiger partial charge in [-0.1, -0.05) is 12.1 Å². The highest BCUT2D eigenvalue weighted by atomic mass is 19.1. The maximum atomic E-state index is 15.3. The van der Waals surface area contributed by atoms with Gasteiger partial charge >= 0.3 is 6.09 Å². The van der Waals surface area contributed by atoms with Gasteiger partial charge in [0.25, 0.3) is 0 Å². The third-order valence-electron chi connectivity index (χ3n) is 9.13. The second kappa shape index (κ2) is 10.2. The summed E-state index contributed by atoms with van der Waals surface area (Å²) in [4.78, 5) is 40.4. The summed E-state index contributed by atoms with van der Waals surface area (Å²) in [5.41, 5.74) is 5.18. The third kappa shape index (κ3) is 5.19. The highest BCUT2D eigenvalue weighted by Gasteiger charge is 2.53. The zero-order valence-corrected chi connectivity index (χ0v) is 22.7. The zero-order valence-electron chi connectivity index (χ0n) is 22.7. The Kier molecular flexibility index (Phi) is 7.28. The molecule has 5 rings (SSSR count). The standard InChI is InChI=1S/C29H41FN4O4/c1-28(2,3)38-27(37)34-23-7-6-18(10-23)25(34)26(36)33-29(15-31,16-35)12-19-5-4-17(11-24(19)30)20-8-21-13-32-14-22(21)9-20/h4-5,11,16,18,20-23,25,32H,6-10,12-15,31H2,1-3H3,(H,33,36)/t18-,20?,21?,22?,23+,25-,29+/m0/s1.